The van der Waals surface area contributed by atoms with Gasteiger partial charge in [0.05, 0.1) is 37.7 Å². The van der Waals surface area contributed by atoms with Gasteiger partial charge >= 0.3 is 0 Å². The molecule has 4 aromatic rings. The van der Waals surface area contributed by atoms with Gasteiger partial charge in [-0.2, -0.15) is 5.10 Å². The number of thiophene rings is 1. The minimum Gasteiger partial charge on any atom is -0.493 e. The van der Waals surface area contributed by atoms with Crippen molar-refractivity contribution in [3.8, 4) is 11.5 Å². The van der Waals surface area contributed by atoms with Crippen LogP contribution in [-0.4, -0.2) is 46.3 Å². The third kappa shape index (κ3) is 3.62. The van der Waals surface area contributed by atoms with Crippen LogP contribution in [-0.2, 0) is 6.42 Å². The average molecular weight is 477 g/mol. The van der Waals surface area contributed by atoms with E-state index in [1.54, 1.807) is 31.8 Å². The molecule has 0 saturated carbocycles. The fraction of sp³-hybridized carbons (Fsp3) is 0.346. The Morgan fingerprint density at radius 2 is 1.94 bits per heavy atom. The molecule has 34 heavy (non-hydrogen) atoms. The zero-order valence-corrected chi connectivity index (χ0v) is 20.8. The van der Waals surface area contributed by atoms with Crippen molar-refractivity contribution in [3.63, 3.8) is 0 Å². The first-order chi connectivity index (χ1) is 16.4. The number of benzene rings is 1. The number of pyridine rings is 1. The van der Waals surface area contributed by atoms with E-state index in [1.165, 1.54) is 5.56 Å². The summed E-state index contributed by atoms with van der Waals surface area (Å²) in [6.45, 7) is 6.65. The lowest BCUT2D eigenvalue weighted by atomic mass is 9.90. The first-order valence-corrected chi connectivity index (χ1v) is 12.2. The van der Waals surface area contributed by atoms with Crippen LogP contribution in [0.5, 0.6) is 11.5 Å². The normalized spacial score (nSPS) is 15.6. The van der Waals surface area contributed by atoms with Gasteiger partial charge in [0.1, 0.15) is 0 Å². The Kier molecular flexibility index (Phi) is 5.77. The summed E-state index contributed by atoms with van der Waals surface area (Å²) in [6, 6.07) is 10.1. The SMILES string of the molecule is COc1cc2c(cc1OC)C(c1cccs1)N(C(=O)c1cc3cnn(C(C)C)c3nc1C)CC2. The lowest BCUT2D eigenvalue weighted by Crippen LogP contribution is -2.40. The number of methoxy groups -OCH3 is 2. The van der Waals surface area contributed by atoms with E-state index in [0.717, 1.165) is 27.9 Å². The molecule has 1 aliphatic heterocycles. The van der Waals surface area contributed by atoms with Crippen molar-refractivity contribution in [2.45, 2.75) is 39.3 Å². The van der Waals surface area contributed by atoms with Crippen molar-refractivity contribution in [1.82, 2.24) is 19.7 Å². The van der Waals surface area contributed by atoms with E-state index in [2.05, 4.69) is 25.0 Å². The van der Waals surface area contributed by atoms with Gasteiger partial charge in [0.15, 0.2) is 17.1 Å². The van der Waals surface area contributed by atoms with Gasteiger partial charge in [-0.1, -0.05) is 6.07 Å². The molecule has 3 aromatic heterocycles. The monoisotopic (exact) mass is 476 g/mol. The van der Waals surface area contributed by atoms with Crippen molar-refractivity contribution in [2.75, 3.05) is 20.8 Å². The van der Waals surface area contributed by atoms with Crippen LogP contribution in [0.15, 0.2) is 41.9 Å². The predicted octanol–water partition coefficient (Wildman–Crippen LogP) is 5.19. The Morgan fingerprint density at radius 1 is 1.18 bits per heavy atom. The lowest BCUT2D eigenvalue weighted by molar-refractivity contribution is 0.0696. The third-order valence-electron chi connectivity index (χ3n) is 6.43. The first kappa shape index (κ1) is 22.4. The highest BCUT2D eigenvalue weighted by Gasteiger charge is 2.35. The zero-order valence-electron chi connectivity index (χ0n) is 20.0. The highest BCUT2D eigenvalue weighted by atomic mass is 32.1. The second-order valence-electron chi connectivity index (χ2n) is 8.79. The number of hydrogen-bond donors (Lipinski definition) is 0. The maximum absolute atomic E-state index is 14.0. The van der Waals surface area contributed by atoms with Crippen LogP contribution in [0.3, 0.4) is 0 Å². The lowest BCUT2D eigenvalue weighted by Gasteiger charge is -2.37. The topological polar surface area (TPSA) is 69.5 Å². The van der Waals surface area contributed by atoms with Gasteiger partial charge in [-0.3, -0.25) is 4.79 Å². The van der Waals surface area contributed by atoms with Crippen LogP contribution in [0.4, 0.5) is 0 Å². The van der Waals surface area contributed by atoms with E-state index in [1.807, 2.05) is 46.2 Å². The number of aromatic nitrogens is 3. The fourth-order valence-corrected chi connectivity index (χ4v) is 5.59. The van der Waals surface area contributed by atoms with Gasteiger partial charge in [-0.15, -0.1) is 11.3 Å². The highest BCUT2D eigenvalue weighted by molar-refractivity contribution is 7.10. The number of rotatable bonds is 5. The largest absolute Gasteiger partial charge is 0.493 e. The summed E-state index contributed by atoms with van der Waals surface area (Å²) < 4.78 is 13.0. The number of ether oxygens (including phenoxy) is 2. The summed E-state index contributed by atoms with van der Waals surface area (Å²) in [5.74, 6) is 1.35. The van der Waals surface area contributed by atoms with Crippen LogP contribution in [0.1, 0.15) is 58.0 Å². The molecule has 0 spiro atoms. The van der Waals surface area contributed by atoms with Gasteiger partial charge < -0.3 is 14.4 Å². The van der Waals surface area contributed by atoms with Gasteiger partial charge in [0.25, 0.3) is 5.91 Å². The Balaban J connectivity index is 1.61. The molecule has 8 heteroatoms. The number of nitrogens with zero attached hydrogens (tertiary/aromatic N) is 4. The van der Waals surface area contributed by atoms with Crippen molar-refractivity contribution >= 4 is 28.3 Å². The van der Waals surface area contributed by atoms with Crippen molar-refractivity contribution in [1.29, 1.82) is 0 Å². The smallest absolute Gasteiger partial charge is 0.256 e. The number of fused-ring (bicyclic) bond motifs is 2. The molecule has 0 bridgehead atoms. The van der Waals surface area contributed by atoms with Crippen LogP contribution >= 0.6 is 11.3 Å². The molecule has 1 aliphatic rings. The maximum atomic E-state index is 14.0. The molecule has 0 fully saturated rings. The molecule has 0 radical (unpaired) electrons. The summed E-state index contributed by atoms with van der Waals surface area (Å²) in [7, 11) is 3.28. The summed E-state index contributed by atoms with van der Waals surface area (Å²) in [5, 5.41) is 7.40. The molecule has 7 nitrogen and oxygen atoms in total. The molecule has 1 unspecified atom stereocenters. The first-order valence-electron chi connectivity index (χ1n) is 11.4. The van der Waals surface area contributed by atoms with Gasteiger partial charge in [0.2, 0.25) is 0 Å². The molecule has 0 saturated heterocycles. The molecule has 4 heterocycles. The molecule has 5 rings (SSSR count). The zero-order chi connectivity index (χ0) is 24.0. The fourth-order valence-electron chi connectivity index (χ4n) is 4.73. The van der Waals surface area contributed by atoms with Crippen molar-refractivity contribution < 1.29 is 14.3 Å². The van der Waals surface area contributed by atoms with Crippen LogP contribution in [0.25, 0.3) is 11.0 Å². The third-order valence-corrected chi connectivity index (χ3v) is 7.35. The molecule has 0 aliphatic carbocycles. The second-order valence-corrected chi connectivity index (χ2v) is 9.77. The molecule has 1 amide bonds. The van der Waals surface area contributed by atoms with E-state index in [4.69, 9.17) is 14.5 Å². The van der Waals surface area contributed by atoms with Gasteiger partial charge in [-0.05, 0) is 68.0 Å². The molecule has 1 atom stereocenters. The molecule has 0 N–H and O–H groups in total. The number of carbonyl (C=O) groups is 1. The second kappa shape index (κ2) is 8.76. The van der Waals surface area contributed by atoms with Crippen LogP contribution in [0.2, 0.25) is 0 Å². The van der Waals surface area contributed by atoms with E-state index in [9.17, 15) is 4.79 Å². The minimum atomic E-state index is -0.204. The van der Waals surface area contributed by atoms with E-state index in [0.29, 0.717) is 29.3 Å². The van der Waals surface area contributed by atoms with Gasteiger partial charge in [-0.25, -0.2) is 9.67 Å². The Bertz CT molecular complexity index is 1360. The predicted molar refractivity (Wildman–Crippen MR) is 133 cm³/mol. The standard InChI is InChI=1S/C26H28N4O3S/c1-15(2)30-25-18(14-27-30)11-19(16(3)28-25)26(31)29-9-8-17-12-21(32-4)22(33-5)13-20(17)24(29)23-7-6-10-34-23/h6-7,10-15,24H,8-9H2,1-5H3. The highest BCUT2D eigenvalue weighted by Crippen LogP contribution is 2.42. The average Bonchev–Trinajstić information content (AvgIpc) is 3.51. The molecule has 1 aromatic carbocycles. The Morgan fingerprint density at radius 3 is 2.62 bits per heavy atom. The van der Waals surface area contributed by atoms with Crippen molar-refractivity contribution in [3.05, 3.63) is 69.2 Å². The molecule has 176 valence electrons. The van der Waals surface area contributed by atoms with E-state index < -0.39 is 0 Å². The summed E-state index contributed by atoms with van der Waals surface area (Å²) >= 11 is 1.65. The number of hydrogen-bond acceptors (Lipinski definition) is 6. The number of aryl methyl sites for hydroxylation is 1. The number of carbonyl (C=O) groups excluding carboxylic acids is 1. The minimum absolute atomic E-state index is 0.0250. The van der Waals surface area contributed by atoms with Crippen LogP contribution < -0.4 is 9.47 Å². The van der Waals surface area contributed by atoms with Gasteiger partial charge in [0, 0.05) is 22.8 Å². The summed E-state index contributed by atoms with van der Waals surface area (Å²) in [5.41, 5.74) is 4.37. The van der Waals surface area contributed by atoms with Crippen LogP contribution in [0, 0.1) is 6.92 Å². The Hall–Kier alpha value is -3.39. The molecular weight excluding hydrogens is 448 g/mol. The van der Waals surface area contributed by atoms with Crippen molar-refractivity contribution in [2.24, 2.45) is 0 Å². The quantitative estimate of drug-likeness (QED) is 0.397. The summed E-state index contributed by atoms with van der Waals surface area (Å²) in [6.07, 6.45) is 2.53. The number of amides is 1. The maximum Gasteiger partial charge on any atom is 0.256 e. The van der Waals surface area contributed by atoms with E-state index >= 15 is 0 Å². The molecular formula is C26H28N4O3S. The Labute approximate surface area is 202 Å². The van der Waals surface area contributed by atoms with E-state index in [-0.39, 0.29) is 18.0 Å². The summed E-state index contributed by atoms with van der Waals surface area (Å²) in [4.78, 5) is 21.9.